The number of rotatable bonds is 5. The normalized spacial score (nSPS) is 21.0. The molecule has 118 valence electrons. The fourth-order valence-corrected chi connectivity index (χ4v) is 2.95. The third kappa shape index (κ3) is 5.68. The number of hydrogen-bond acceptors (Lipinski definition) is 2. The lowest BCUT2D eigenvalue weighted by molar-refractivity contribution is -0.123. The molecule has 0 radical (unpaired) electrons. The van der Waals surface area contributed by atoms with Crippen LogP contribution in [0.5, 0.6) is 0 Å². The van der Waals surface area contributed by atoms with Crippen LogP contribution in [0.3, 0.4) is 0 Å². The predicted molar refractivity (Wildman–Crippen MR) is 89.6 cm³/mol. The van der Waals surface area contributed by atoms with E-state index in [2.05, 4.69) is 29.7 Å². The molecule has 1 aliphatic rings. The van der Waals surface area contributed by atoms with Gasteiger partial charge in [0.05, 0.1) is 6.04 Å². The zero-order valence-corrected chi connectivity index (χ0v) is 13.8. The molecule has 21 heavy (non-hydrogen) atoms. The van der Waals surface area contributed by atoms with E-state index in [1.165, 1.54) is 12.8 Å². The van der Waals surface area contributed by atoms with E-state index >= 15 is 0 Å². The second-order valence-corrected chi connectivity index (χ2v) is 5.99. The number of benzene rings is 1. The fraction of sp³-hybridized carbons (Fsp3) is 0.588. The third-order valence-corrected chi connectivity index (χ3v) is 4.32. The molecule has 0 saturated carbocycles. The van der Waals surface area contributed by atoms with Crippen molar-refractivity contribution in [3.63, 3.8) is 0 Å². The van der Waals surface area contributed by atoms with Crippen LogP contribution in [0.15, 0.2) is 30.3 Å². The van der Waals surface area contributed by atoms with Gasteiger partial charge in [0.15, 0.2) is 0 Å². The second-order valence-electron chi connectivity index (χ2n) is 5.99. The van der Waals surface area contributed by atoms with Crippen LogP contribution in [-0.2, 0) is 4.79 Å². The molecule has 1 aliphatic heterocycles. The van der Waals surface area contributed by atoms with Gasteiger partial charge in [-0.2, -0.15) is 0 Å². The number of carbonyl (C=O) groups is 1. The Morgan fingerprint density at radius 2 is 2.05 bits per heavy atom. The van der Waals surface area contributed by atoms with Gasteiger partial charge in [-0.15, -0.1) is 12.4 Å². The molecule has 0 spiro atoms. The van der Waals surface area contributed by atoms with Gasteiger partial charge in [-0.1, -0.05) is 37.3 Å². The highest BCUT2D eigenvalue weighted by Gasteiger charge is 2.22. The van der Waals surface area contributed by atoms with Crippen molar-refractivity contribution in [1.29, 1.82) is 0 Å². The quantitative estimate of drug-likeness (QED) is 0.876. The van der Waals surface area contributed by atoms with Gasteiger partial charge in [0, 0.05) is 6.42 Å². The molecular formula is C17H27ClN2O. The van der Waals surface area contributed by atoms with Crippen molar-refractivity contribution < 1.29 is 4.79 Å². The number of nitrogens with one attached hydrogen (secondary N) is 2. The summed E-state index contributed by atoms with van der Waals surface area (Å²) in [5, 5.41) is 6.53. The molecule has 0 aliphatic carbocycles. The van der Waals surface area contributed by atoms with Gasteiger partial charge >= 0.3 is 0 Å². The van der Waals surface area contributed by atoms with E-state index in [-0.39, 0.29) is 24.4 Å². The van der Waals surface area contributed by atoms with E-state index in [0.29, 0.717) is 18.3 Å². The molecule has 2 rings (SSSR count). The maximum absolute atomic E-state index is 12.1. The summed E-state index contributed by atoms with van der Waals surface area (Å²) >= 11 is 0. The summed E-state index contributed by atoms with van der Waals surface area (Å²) in [5.41, 5.74) is 1.16. The van der Waals surface area contributed by atoms with Crippen LogP contribution in [0.2, 0.25) is 0 Å². The summed E-state index contributed by atoms with van der Waals surface area (Å²) in [5.74, 6) is 1.26. The Bertz CT molecular complexity index is 418. The number of carbonyl (C=O) groups excluding carboxylic acids is 1. The van der Waals surface area contributed by atoms with Gasteiger partial charge in [0.1, 0.15) is 0 Å². The first kappa shape index (κ1) is 18.0. The average Bonchev–Trinajstić information content (AvgIpc) is 2.49. The topological polar surface area (TPSA) is 41.1 Å². The lowest BCUT2D eigenvalue weighted by atomic mass is 9.85. The second kappa shape index (κ2) is 9.06. The average molecular weight is 311 g/mol. The Labute approximate surface area is 134 Å². The minimum absolute atomic E-state index is 0. The first-order chi connectivity index (χ1) is 9.66. The molecule has 0 bridgehead atoms. The molecule has 3 nitrogen and oxygen atoms in total. The monoisotopic (exact) mass is 310 g/mol. The van der Waals surface area contributed by atoms with E-state index in [0.717, 1.165) is 18.7 Å². The van der Waals surface area contributed by atoms with Crippen LogP contribution in [-0.4, -0.2) is 19.0 Å². The molecule has 3 atom stereocenters. The van der Waals surface area contributed by atoms with Crippen molar-refractivity contribution in [3.8, 4) is 0 Å². The van der Waals surface area contributed by atoms with Gasteiger partial charge in [-0.3, -0.25) is 4.79 Å². The highest BCUT2D eigenvalue weighted by molar-refractivity contribution is 5.85. The van der Waals surface area contributed by atoms with E-state index in [4.69, 9.17) is 0 Å². The standard InChI is InChI=1S/C17H26N2O.ClH/c1-13(16-9-6-10-18-12-16)11-17(20)19-14(2)15-7-4-3-5-8-15;/h3-5,7-8,13-14,16,18H,6,9-12H2,1-2H3,(H,19,20);1H/t13?,14-,16?;/m1./s1. The van der Waals surface area contributed by atoms with E-state index in [9.17, 15) is 4.79 Å². The molecule has 1 heterocycles. The van der Waals surface area contributed by atoms with Gasteiger partial charge in [0.25, 0.3) is 0 Å². The summed E-state index contributed by atoms with van der Waals surface area (Å²) in [6, 6.07) is 10.2. The lowest BCUT2D eigenvalue weighted by Crippen LogP contribution is -2.36. The van der Waals surface area contributed by atoms with E-state index < -0.39 is 0 Å². The largest absolute Gasteiger partial charge is 0.350 e. The van der Waals surface area contributed by atoms with Crippen LogP contribution >= 0.6 is 12.4 Å². The van der Waals surface area contributed by atoms with Crippen LogP contribution in [0.1, 0.15) is 44.7 Å². The molecule has 2 N–H and O–H groups in total. The first-order valence-corrected chi connectivity index (χ1v) is 7.72. The first-order valence-electron chi connectivity index (χ1n) is 7.72. The molecule has 1 aromatic rings. The molecule has 1 aromatic carbocycles. The van der Waals surface area contributed by atoms with Crippen LogP contribution < -0.4 is 10.6 Å². The van der Waals surface area contributed by atoms with Crippen molar-refractivity contribution in [2.75, 3.05) is 13.1 Å². The minimum atomic E-state index is 0. The van der Waals surface area contributed by atoms with Gasteiger partial charge in [-0.25, -0.2) is 0 Å². The molecule has 1 fully saturated rings. The summed E-state index contributed by atoms with van der Waals surface area (Å²) in [6.45, 7) is 6.42. The number of piperidine rings is 1. The molecule has 4 heteroatoms. The van der Waals surface area contributed by atoms with Crippen molar-refractivity contribution in [2.45, 2.75) is 39.2 Å². The maximum Gasteiger partial charge on any atom is 0.220 e. The molecule has 0 aromatic heterocycles. The van der Waals surface area contributed by atoms with Gasteiger partial charge in [-0.05, 0) is 50.3 Å². The molecule has 2 unspecified atom stereocenters. The van der Waals surface area contributed by atoms with Crippen LogP contribution in [0, 0.1) is 11.8 Å². The third-order valence-electron chi connectivity index (χ3n) is 4.32. The Morgan fingerprint density at radius 1 is 1.33 bits per heavy atom. The van der Waals surface area contributed by atoms with Gasteiger partial charge in [0.2, 0.25) is 5.91 Å². The van der Waals surface area contributed by atoms with Crippen molar-refractivity contribution in [1.82, 2.24) is 10.6 Å². The number of amides is 1. The Kier molecular flexibility index (Phi) is 7.76. The summed E-state index contributed by atoms with van der Waals surface area (Å²) in [4.78, 5) is 12.1. The number of halogens is 1. The highest BCUT2D eigenvalue weighted by Crippen LogP contribution is 2.23. The van der Waals surface area contributed by atoms with E-state index in [1.54, 1.807) is 0 Å². The summed E-state index contributed by atoms with van der Waals surface area (Å²) in [7, 11) is 0. The Balaban J connectivity index is 0.00000220. The SMILES string of the molecule is CC(CC(=O)N[C@H](C)c1ccccc1)C1CCCNC1.Cl. The van der Waals surface area contributed by atoms with Crippen LogP contribution in [0.4, 0.5) is 0 Å². The summed E-state index contributed by atoms with van der Waals surface area (Å²) in [6.07, 6.45) is 3.11. The van der Waals surface area contributed by atoms with Crippen molar-refractivity contribution in [2.24, 2.45) is 11.8 Å². The predicted octanol–water partition coefficient (Wildman–Crippen LogP) is 3.31. The van der Waals surface area contributed by atoms with Gasteiger partial charge < -0.3 is 10.6 Å². The fourth-order valence-electron chi connectivity index (χ4n) is 2.95. The molecule has 1 saturated heterocycles. The lowest BCUT2D eigenvalue weighted by Gasteiger charge is -2.28. The van der Waals surface area contributed by atoms with E-state index in [1.807, 2.05) is 25.1 Å². The van der Waals surface area contributed by atoms with Crippen molar-refractivity contribution >= 4 is 18.3 Å². The maximum atomic E-state index is 12.1. The zero-order valence-electron chi connectivity index (χ0n) is 13.0. The minimum Gasteiger partial charge on any atom is -0.350 e. The molecular weight excluding hydrogens is 284 g/mol. The smallest absolute Gasteiger partial charge is 0.220 e. The summed E-state index contributed by atoms with van der Waals surface area (Å²) < 4.78 is 0. The Hall–Kier alpha value is -1.06. The molecule has 1 amide bonds. The van der Waals surface area contributed by atoms with Crippen LogP contribution in [0.25, 0.3) is 0 Å². The Morgan fingerprint density at radius 3 is 2.67 bits per heavy atom. The van der Waals surface area contributed by atoms with Crippen molar-refractivity contribution in [3.05, 3.63) is 35.9 Å². The highest BCUT2D eigenvalue weighted by atomic mass is 35.5. The zero-order chi connectivity index (χ0) is 14.4. The number of hydrogen-bond donors (Lipinski definition) is 2.